The maximum absolute atomic E-state index is 14.1. The molecule has 1 fully saturated rings. The standard InChI is InChI=1S/C24H35F2N3O3.C2HF3O2/c1-15(2)9-10-22(30)21(11-16-7-5-4-6-8-16)28-24(27)29-23(31)14-18-19(25)12-17(32-3)13-20(18)26;3-2(4,5)1(6)7/h12-13,15-16,21H,4-11,14H2,1-3H3,(H3,27,28,29,31);(H,6,7)/t21-;/m1./s1. The van der Waals surface area contributed by atoms with E-state index in [4.69, 9.17) is 20.4 Å². The Morgan fingerprint density at radius 1 is 1.13 bits per heavy atom. The van der Waals surface area contributed by atoms with Crippen molar-refractivity contribution in [3.63, 3.8) is 0 Å². The lowest BCUT2D eigenvalue weighted by molar-refractivity contribution is -0.192. The number of carbonyl (C=O) groups is 3. The number of benzene rings is 1. The zero-order chi connectivity index (χ0) is 29.8. The van der Waals surface area contributed by atoms with Gasteiger partial charge in [0.05, 0.1) is 13.5 Å². The van der Waals surface area contributed by atoms with Gasteiger partial charge in [0.25, 0.3) is 0 Å². The second-order valence-corrected chi connectivity index (χ2v) is 9.77. The fourth-order valence-electron chi connectivity index (χ4n) is 4.01. The maximum atomic E-state index is 14.1. The second kappa shape index (κ2) is 16.0. The zero-order valence-electron chi connectivity index (χ0n) is 22.2. The Bertz CT molecular complexity index is 985. The van der Waals surface area contributed by atoms with Crippen LogP contribution in [-0.4, -0.2) is 48.1 Å². The van der Waals surface area contributed by atoms with Gasteiger partial charge in [0.1, 0.15) is 23.4 Å². The number of nitrogens with one attached hydrogen (secondary N) is 1. The molecule has 1 saturated carbocycles. The van der Waals surface area contributed by atoms with E-state index in [1.54, 1.807) is 0 Å². The van der Waals surface area contributed by atoms with Crippen LogP contribution in [0.1, 0.15) is 70.8 Å². The Kier molecular flexibility index (Phi) is 13.9. The summed E-state index contributed by atoms with van der Waals surface area (Å²) < 4.78 is 64.8. The number of halogens is 5. The van der Waals surface area contributed by atoms with Gasteiger partial charge in [-0.3, -0.25) is 14.9 Å². The molecule has 0 radical (unpaired) electrons. The highest BCUT2D eigenvalue weighted by molar-refractivity contribution is 5.98. The minimum absolute atomic E-state index is 0.00807. The van der Waals surface area contributed by atoms with Gasteiger partial charge in [-0.2, -0.15) is 13.2 Å². The number of hydrogen-bond acceptors (Lipinski definition) is 5. The van der Waals surface area contributed by atoms with Gasteiger partial charge in [0.2, 0.25) is 5.91 Å². The number of ether oxygens (including phenoxy) is 1. The molecular formula is C26H36F5N3O5. The molecular weight excluding hydrogens is 529 g/mol. The first-order valence-corrected chi connectivity index (χ1v) is 12.6. The number of aliphatic imine (C=N–C) groups is 1. The molecule has 39 heavy (non-hydrogen) atoms. The number of guanidine groups is 1. The summed E-state index contributed by atoms with van der Waals surface area (Å²) in [4.78, 5) is 38.3. The van der Waals surface area contributed by atoms with Crippen LogP contribution in [0.4, 0.5) is 22.0 Å². The summed E-state index contributed by atoms with van der Waals surface area (Å²) in [7, 11) is 1.30. The molecule has 1 aliphatic carbocycles. The first kappa shape index (κ1) is 33.8. The Balaban J connectivity index is 0.000000956. The smallest absolute Gasteiger partial charge is 0.490 e. The summed E-state index contributed by atoms with van der Waals surface area (Å²) in [5.41, 5.74) is 5.52. The molecule has 0 saturated heterocycles. The molecule has 0 unspecified atom stereocenters. The predicted molar refractivity (Wildman–Crippen MR) is 134 cm³/mol. The van der Waals surface area contributed by atoms with Crippen molar-refractivity contribution in [2.24, 2.45) is 22.6 Å². The number of ketones is 1. The third-order valence-corrected chi connectivity index (χ3v) is 6.11. The van der Waals surface area contributed by atoms with Crippen molar-refractivity contribution in [2.75, 3.05) is 7.11 Å². The first-order chi connectivity index (χ1) is 18.1. The number of nitrogens with zero attached hydrogens (tertiary/aromatic N) is 1. The van der Waals surface area contributed by atoms with Crippen LogP contribution in [-0.2, 0) is 20.8 Å². The molecule has 0 heterocycles. The molecule has 0 aliphatic heterocycles. The van der Waals surface area contributed by atoms with Gasteiger partial charge in [0.15, 0.2) is 11.7 Å². The number of nitrogens with two attached hydrogens (primary N) is 1. The molecule has 8 nitrogen and oxygen atoms in total. The van der Waals surface area contributed by atoms with Gasteiger partial charge in [-0.05, 0) is 24.7 Å². The van der Waals surface area contributed by atoms with Crippen LogP contribution >= 0.6 is 0 Å². The van der Waals surface area contributed by atoms with Crippen molar-refractivity contribution >= 4 is 23.6 Å². The lowest BCUT2D eigenvalue weighted by atomic mass is 9.83. The predicted octanol–water partition coefficient (Wildman–Crippen LogP) is 4.92. The summed E-state index contributed by atoms with van der Waals surface area (Å²) in [5, 5.41) is 9.50. The highest BCUT2D eigenvalue weighted by Gasteiger charge is 2.38. The van der Waals surface area contributed by atoms with Crippen molar-refractivity contribution in [2.45, 2.75) is 83.9 Å². The third kappa shape index (κ3) is 12.9. The fourth-order valence-corrected chi connectivity index (χ4v) is 4.01. The van der Waals surface area contributed by atoms with E-state index in [1.165, 1.54) is 13.5 Å². The quantitative estimate of drug-likeness (QED) is 0.210. The van der Waals surface area contributed by atoms with Crippen LogP contribution in [0.3, 0.4) is 0 Å². The third-order valence-electron chi connectivity index (χ3n) is 6.11. The number of aliphatic carboxylic acids is 1. The molecule has 2 rings (SSSR count). The highest BCUT2D eigenvalue weighted by Crippen LogP contribution is 2.29. The topological polar surface area (TPSA) is 131 Å². The zero-order valence-corrected chi connectivity index (χ0v) is 22.2. The maximum Gasteiger partial charge on any atom is 0.490 e. The molecule has 1 atom stereocenters. The van der Waals surface area contributed by atoms with Crippen LogP contribution in [0.15, 0.2) is 17.1 Å². The Morgan fingerprint density at radius 3 is 2.13 bits per heavy atom. The first-order valence-electron chi connectivity index (χ1n) is 12.6. The number of amides is 1. The molecule has 1 aromatic rings. The minimum Gasteiger partial charge on any atom is -0.497 e. The van der Waals surface area contributed by atoms with Crippen molar-refractivity contribution in [1.29, 1.82) is 0 Å². The van der Waals surface area contributed by atoms with E-state index < -0.39 is 42.1 Å². The molecule has 0 spiro atoms. The van der Waals surface area contributed by atoms with Crippen LogP contribution in [0.2, 0.25) is 0 Å². The average molecular weight is 566 g/mol. The summed E-state index contributed by atoms with van der Waals surface area (Å²) in [6.45, 7) is 4.11. The molecule has 1 aromatic carbocycles. The summed E-state index contributed by atoms with van der Waals surface area (Å²) in [6, 6.07) is 1.40. The molecule has 0 aromatic heterocycles. The van der Waals surface area contributed by atoms with E-state index >= 15 is 0 Å². The number of carbonyl (C=O) groups excluding carboxylic acids is 2. The Morgan fingerprint density at radius 2 is 1.67 bits per heavy atom. The minimum atomic E-state index is -5.08. The van der Waals surface area contributed by atoms with Gasteiger partial charge < -0.3 is 15.6 Å². The number of carboxylic acids is 1. The average Bonchev–Trinajstić information content (AvgIpc) is 2.84. The van der Waals surface area contributed by atoms with Gasteiger partial charge in [-0.25, -0.2) is 18.6 Å². The molecule has 0 bridgehead atoms. The number of methoxy groups -OCH3 is 1. The van der Waals surface area contributed by atoms with Crippen molar-refractivity contribution in [3.05, 3.63) is 29.3 Å². The van der Waals surface area contributed by atoms with Crippen LogP contribution in [0.5, 0.6) is 5.75 Å². The van der Waals surface area contributed by atoms with Gasteiger partial charge >= 0.3 is 12.1 Å². The Hall–Kier alpha value is -3.25. The lowest BCUT2D eigenvalue weighted by Gasteiger charge is -2.24. The summed E-state index contributed by atoms with van der Waals surface area (Å²) in [5.74, 6) is -4.60. The largest absolute Gasteiger partial charge is 0.497 e. The van der Waals surface area contributed by atoms with Crippen LogP contribution in [0, 0.1) is 23.5 Å². The fraction of sp³-hybridized carbons (Fsp3) is 0.615. The highest BCUT2D eigenvalue weighted by atomic mass is 19.4. The van der Waals surface area contributed by atoms with E-state index in [1.807, 2.05) is 0 Å². The normalized spacial score (nSPS) is 15.3. The van der Waals surface area contributed by atoms with Gasteiger partial charge in [-0.1, -0.05) is 46.0 Å². The molecule has 1 amide bonds. The lowest BCUT2D eigenvalue weighted by Crippen LogP contribution is -2.40. The summed E-state index contributed by atoms with van der Waals surface area (Å²) in [6.07, 6.45) is 1.76. The van der Waals surface area contributed by atoms with Crippen molar-refractivity contribution in [3.8, 4) is 5.75 Å². The number of Topliss-reactive ketones (excluding diaryl/α,β-unsaturated/α-hetero) is 1. The van der Waals surface area contributed by atoms with E-state index in [9.17, 15) is 31.5 Å². The van der Waals surface area contributed by atoms with Crippen LogP contribution in [0.25, 0.3) is 0 Å². The van der Waals surface area contributed by atoms with Crippen molar-refractivity contribution in [1.82, 2.24) is 5.32 Å². The number of alkyl halides is 3. The number of carboxylic acid groups (broad SMARTS) is 1. The monoisotopic (exact) mass is 565 g/mol. The second-order valence-electron chi connectivity index (χ2n) is 9.77. The van der Waals surface area contributed by atoms with Gasteiger partial charge in [-0.15, -0.1) is 0 Å². The van der Waals surface area contributed by atoms with E-state index in [0.29, 0.717) is 24.7 Å². The Labute approximate surface area is 224 Å². The number of hydrogen-bond donors (Lipinski definition) is 3. The summed E-state index contributed by atoms with van der Waals surface area (Å²) >= 11 is 0. The number of rotatable bonds is 10. The van der Waals surface area contributed by atoms with E-state index in [-0.39, 0.29) is 23.1 Å². The van der Waals surface area contributed by atoms with E-state index in [2.05, 4.69) is 24.2 Å². The van der Waals surface area contributed by atoms with Gasteiger partial charge in [0, 0.05) is 24.1 Å². The SMILES string of the molecule is COc1cc(F)c(CC(=O)NC(N)=N[C@H](CC2CCCCC2)C(=O)CCC(C)C)c(F)c1.O=C(O)C(F)(F)F. The van der Waals surface area contributed by atoms with Crippen LogP contribution < -0.4 is 15.8 Å². The molecule has 4 N–H and O–H groups in total. The molecule has 220 valence electrons. The van der Waals surface area contributed by atoms with Crippen molar-refractivity contribution < 1.29 is 46.2 Å². The molecule has 1 aliphatic rings. The molecule has 13 heteroatoms. The van der Waals surface area contributed by atoms with E-state index in [0.717, 1.165) is 44.2 Å².